The summed E-state index contributed by atoms with van der Waals surface area (Å²) in [5.41, 5.74) is 4.54. The van der Waals surface area contributed by atoms with Crippen molar-refractivity contribution in [2.24, 2.45) is 0 Å². The zero-order valence-corrected chi connectivity index (χ0v) is 16.3. The Morgan fingerprint density at radius 3 is 2.58 bits per heavy atom. The number of pyridine rings is 1. The molecular weight excluding hydrogens is 380 g/mol. The molecule has 0 atom stereocenters. The SMILES string of the molecule is CONC(=O)c1cnc(Cl)cc1Nc1ccc(C)cc1N(C)S(C)(=O)=O. The van der Waals surface area contributed by atoms with E-state index in [9.17, 15) is 13.2 Å². The van der Waals surface area contributed by atoms with Gasteiger partial charge in [0.05, 0.1) is 36.0 Å². The van der Waals surface area contributed by atoms with Crippen molar-refractivity contribution in [3.63, 3.8) is 0 Å². The van der Waals surface area contributed by atoms with Crippen molar-refractivity contribution in [2.45, 2.75) is 6.92 Å². The first-order chi connectivity index (χ1) is 12.1. The van der Waals surface area contributed by atoms with Gasteiger partial charge in [0.25, 0.3) is 5.91 Å². The number of hydrogen-bond donors (Lipinski definition) is 2. The average molecular weight is 399 g/mol. The van der Waals surface area contributed by atoms with E-state index in [0.717, 1.165) is 16.1 Å². The molecule has 2 aromatic rings. The van der Waals surface area contributed by atoms with Gasteiger partial charge in [-0.2, -0.15) is 0 Å². The maximum atomic E-state index is 12.1. The van der Waals surface area contributed by atoms with Crippen LogP contribution in [0.15, 0.2) is 30.5 Å². The molecule has 0 aliphatic heterocycles. The number of nitrogens with one attached hydrogen (secondary N) is 2. The van der Waals surface area contributed by atoms with Gasteiger partial charge < -0.3 is 5.32 Å². The number of carbonyl (C=O) groups is 1. The second-order valence-electron chi connectivity index (χ2n) is 5.56. The fraction of sp³-hybridized carbons (Fsp3) is 0.250. The molecule has 8 nitrogen and oxygen atoms in total. The molecule has 10 heteroatoms. The Kier molecular flexibility index (Phi) is 6.06. The summed E-state index contributed by atoms with van der Waals surface area (Å²) in [6, 6.07) is 6.73. The highest BCUT2D eigenvalue weighted by Gasteiger charge is 2.19. The van der Waals surface area contributed by atoms with E-state index in [2.05, 4.69) is 20.6 Å². The molecule has 1 heterocycles. The third kappa shape index (κ3) is 4.63. The van der Waals surface area contributed by atoms with Crippen LogP contribution in [0, 0.1) is 6.92 Å². The van der Waals surface area contributed by atoms with Crippen LogP contribution < -0.4 is 15.1 Å². The predicted octanol–water partition coefficient (Wildman–Crippen LogP) is 2.47. The van der Waals surface area contributed by atoms with Gasteiger partial charge in [0.15, 0.2) is 0 Å². The smallest absolute Gasteiger partial charge is 0.278 e. The highest BCUT2D eigenvalue weighted by Crippen LogP contribution is 2.32. The van der Waals surface area contributed by atoms with Gasteiger partial charge in [-0.15, -0.1) is 0 Å². The van der Waals surface area contributed by atoms with Crippen LogP contribution in [0.4, 0.5) is 17.1 Å². The van der Waals surface area contributed by atoms with E-state index in [0.29, 0.717) is 17.1 Å². The second kappa shape index (κ2) is 7.90. The number of amides is 1. The number of aromatic nitrogens is 1. The third-order valence-electron chi connectivity index (χ3n) is 3.57. The van der Waals surface area contributed by atoms with E-state index in [1.807, 2.05) is 13.0 Å². The number of hydroxylamine groups is 1. The number of aryl methyl sites for hydroxylation is 1. The number of nitrogens with zero attached hydrogens (tertiary/aromatic N) is 2. The molecule has 0 spiro atoms. The number of hydrogen-bond acceptors (Lipinski definition) is 6. The number of sulfonamides is 1. The number of rotatable bonds is 6. The molecule has 26 heavy (non-hydrogen) atoms. The summed E-state index contributed by atoms with van der Waals surface area (Å²) in [6.45, 7) is 1.85. The van der Waals surface area contributed by atoms with Gasteiger partial charge in [-0.05, 0) is 30.7 Å². The minimum Gasteiger partial charge on any atom is -0.353 e. The van der Waals surface area contributed by atoms with E-state index in [4.69, 9.17) is 11.6 Å². The summed E-state index contributed by atoms with van der Waals surface area (Å²) < 4.78 is 25.0. The molecular formula is C16H19ClN4O4S. The minimum absolute atomic E-state index is 0.173. The topological polar surface area (TPSA) is 101 Å². The lowest BCUT2D eigenvalue weighted by Gasteiger charge is -2.22. The summed E-state index contributed by atoms with van der Waals surface area (Å²) >= 11 is 5.94. The molecule has 2 N–H and O–H groups in total. The zero-order chi connectivity index (χ0) is 19.5. The number of carbonyl (C=O) groups excluding carboxylic acids is 1. The average Bonchev–Trinajstić information content (AvgIpc) is 2.55. The minimum atomic E-state index is -3.48. The van der Waals surface area contributed by atoms with E-state index >= 15 is 0 Å². The zero-order valence-electron chi connectivity index (χ0n) is 14.7. The van der Waals surface area contributed by atoms with E-state index in [1.165, 1.54) is 26.4 Å². The second-order valence-corrected chi connectivity index (χ2v) is 7.97. The van der Waals surface area contributed by atoms with Crippen LogP contribution in [0.1, 0.15) is 15.9 Å². The Labute approximate surface area is 157 Å². The third-order valence-corrected chi connectivity index (χ3v) is 4.97. The Morgan fingerprint density at radius 2 is 1.96 bits per heavy atom. The largest absolute Gasteiger partial charge is 0.353 e. The Morgan fingerprint density at radius 1 is 1.27 bits per heavy atom. The quantitative estimate of drug-likeness (QED) is 0.572. The molecule has 0 saturated heterocycles. The van der Waals surface area contributed by atoms with Crippen molar-refractivity contribution in [2.75, 3.05) is 30.0 Å². The van der Waals surface area contributed by atoms with Gasteiger partial charge in [0.1, 0.15) is 5.15 Å². The molecule has 0 aliphatic carbocycles. The summed E-state index contributed by atoms with van der Waals surface area (Å²) in [5.74, 6) is -0.524. The van der Waals surface area contributed by atoms with Crippen LogP contribution in [-0.4, -0.2) is 39.7 Å². The van der Waals surface area contributed by atoms with E-state index in [1.54, 1.807) is 12.1 Å². The van der Waals surface area contributed by atoms with Crippen molar-refractivity contribution < 1.29 is 18.0 Å². The van der Waals surface area contributed by atoms with Gasteiger partial charge in [-0.3, -0.25) is 13.9 Å². The van der Waals surface area contributed by atoms with Gasteiger partial charge in [-0.25, -0.2) is 18.9 Å². The van der Waals surface area contributed by atoms with Crippen LogP contribution in [0.2, 0.25) is 5.15 Å². The standard InChI is InChI=1S/C16H19ClN4O4S/c1-10-5-6-12(14(7-10)21(2)26(4,23)24)19-13-8-15(17)18-9-11(13)16(22)20-25-3/h5-9H,1-4H3,(H,18,19)(H,20,22). The first-order valence-corrected chi connectivity index (χ1v) is 9.66. The monoisotopic (exact) mass is 398 g/mol. The lowest BCUT2D eigenvalue weighted by Crippen LogP contribution is -2.26. The molecule has 1 aromatic heterocycles. The summed E-state index contributed by atoms with van der Waals surface area (Å²) in [6.07, 6.45) is 2.41. The molecule has 0 fully saturated rings. The summed E-state index contributed by atoms with van der Waals surface area (Å²) in [5, 5.41) is 3.23. The summed E-state index contributed by atoms with van der Waals surface area (Å²) in [7, 11) is -0.710. The first-order valence-electron chi connectivity index (χ1n) is 7.44. The Bertz CT molecular complexity index is 934. The fourth-order valence-electron chi connectivity index (χ4n) is 2.19. The first kappa shape index (κ1) is 20.0. The Balaban J connectivity index is 2.53. The highest BCUT2D eigenvalue weighted by atomic mass is 35.5. The van der Waals surface area contributed by atoms with Crippen molar-refractivity contribution in [3.05, 3.63) is 46.7 Å². The number of benzene rings is 1. The van der Waals surface area contributed by atoms with E-state index < -0.39 is 15.9 Å². The summed E-state index contributed by atoms with van der Waals surface area (Å²) in [4.78, 5) is 20.7. The molecule has 0 saturated carbocycles. The molecule has 0 bridgehead atoms. The van der Waals surface area contributed by atoms with Crippen molar-refractivity contribution >= 4 is 44.6 Å². The molecule has 1 aromatic carbocycles. The Hall–Kier alpha value is -2.36. The van der Waals surface area contributed by atoms with Crippen molar-refractivity contribution in [3.8, 4) is 0 Å². The maximum Gasteiger partial charge on any atom is 0.278 e. The van der Waals surface area contributed by atoms with Crippen molar-refractivity contribution in [1.29, 1.82) is 0 Å². The van der Waals surface area contributed by atoms with Gasteiger partial charge in [0.2, 0.25) is 10.0 Å². The molecule has 2 rings (SSSR count). The predicted molar refractivity (Wildman–Crippen MR) is 101 cm³/mol. The number of halogens is 1. The number of anilines is 3. The molecule has 140 valence electrons. The van der Waals surface area contributed by atoms with Gasteiger partial charge >= 0.3 is 0 Å². The lowest BCUT2D eigenvalue weighted by molar-refractivity contribution is 0.0538. The van der Waals surface area contributed by atoms with Crippen LogP contribution in [0.5, 0.6) is 0 Å². The molecule has 0 aliphatic rings. The van der Waals surface area contributed by atoms with E-state index in [-0.39, 0.29) is 10.7 Å². The van der Waals surface area contributed by atoms with Gasteiger partial charge in [-0.1, -0.05) is 17.7 Å². The van der Waals surface area contributed by atoms with Crippen molar-refractivity contribution in [1.82, 2.24) is 10.5 Å². The van der Waals surface area contributed by atoms with Crippen LogP contribution in [0.25, 0.3) is 0 Å². The maximum absolute atomic E-state index is 12.1. The lowest BCUT2D eigenvalue weighted by atomic mass is 10.1. The molecule has 1 amide bonds. The van der Waals surface area contributed by atoms with Crippen LogP contribution in [-0.2, 0) is 14.9 Å². The molecule has 0 radical (unpaired) electrons. The fourth-order valence-corrected chi connectivity index (χ4v) is 2.86. The van der Waals surface area contributed by atoms with Crippen LogP contribution in [0.3, 0.4) is 0 Å². The van der Waals surface area contributed by atoms with Gasteiger partial charge in [0, 0.05) is 13.2 Å². The highest BCUT2D eigenvalue weighted by molar-refractivity contribution is 7.92. The van der Waals surface area contributed by atoms with Crippen LogP contribution >= 0.6 is 11.6 Å². The molecule has 0 unspecified atom stereocenters. The normalized spacial score (nSPS) is 11.1.